The number of aliphatic imine (C=N–C) groups is 1. The topological polar surface area (TPSA) is 44.8 Å². The van der Waals surface area contributed by atoms with Crippen LogP contribution in [-0.4, -0.2) is 55.6 Å². The third kappa shape index (κ3) is 3.59. The molecule has 0 amide bonds. The zero-order chi connectivity index (χ0) is 17.0. The molecular weight excluding hydrogens is 288 g/mol. The molecule has 0 saturated carbocycles. The summed E-state index contributed by atoms with van der Waals surface area (Å²) in [6.07, 6.45) is 5.93. The van der Waals surface area contributed by atoms with Gasteiger partial charge in [0, 0.05) is 18.6 Å². The van der Waals surface area contributed by atoms with Crippen LogP contribution in [0.3, 0.4) is 0 Å². The molecule has 0 aliphatic carbocycles. The Morgan fingerprint density at radius 3 is 2.74 bits per heavy atom. The van der Waals surface area contributed by atoms with E-state index < -0.39 is 0 Å². The highest BCUT2D eigenvalue weighted by Crippen LogP contribution is 2.34. The molecule has 0 aromatic heterocycles. The van der Waals surface area contributed by atoms with Gasteiger partial charge >= 0.3 is 0 Å². The summed E-state index contributed by atoms with van der Waals surface area (Å²) in [5.41, 5.74) is 6.09. The summed E-state index contributed by atoms with van der Waals surface area (Å²) < 4.78 is 7.26. The quantitative estimate of drug-likeness (QED) is 0.393. The SMILES string of the molecule is C/N=C\[N+]1=Cc2cc(C)cc(C)c2C(C)C1/C(=C/COC)CO. The molecule has 1 aliphatic heterocycles. The molecule has 2 unspecified atom stereocenters. The largest absolute Gasteiger partial charge is 0.392 e. The Balaban J connectivity index is 2.60. The molecule has 2 atom stereocenters. The monoisotopic (exact) mass is 315 g/mol. The van der Waals surface area contributed by atoms with Crippen LogP contribution in [0.15, 0.2) is 28.8 Å². The molecule has 124 valence electrons. The molecular formula is C19H27N2O2+. The summed E-state index contributed by atoms with van der Waals surface area (Å²) in [7, 11) is 3.43. The number of aliphatic hydroxyl groups is 1. The van der Waals surface area contributed by atoms with Crippen molar-refractivity contribution < 1.29 is 14.4 Å². The molecule has 0 bridgehead atoms. The number of hydrogen-bond donors (Lipinski definition) is 1. The van der Waals surface area contributed by atoms with E-state index in [-0.39, 0.29) is 18.6 Å². The first-order chi connectivity index (χ1) is 11.0. The number of fused-ring (bicyclic) bond motifs is 1. The Hall–Kier alpha value is -1.78. The van der Waals surface area contributed by atoms with E-state index in [0.29, 0.717) is 6.61 Å². The first kappa shape index (κ1) is 17.6. The van der Waals surface area contributed by atoms with Crippen molar-refractivity contribution >= 4 is 12.6 Å². The number of rotatable bonds is 5. The van der Waals surface area contributed by atoms with Crippen LogP contribution >= 0.6 is 0 Å². The van der Waals surface area contributed by atoms with Crippen LogP contribution in [0.1, 0.15) is 35.1 Å². The van der Waals surface area contributed by atoms with Gasteiger partial charge in [-0.2, -0.15) is 0 Å². The fourth-order valence-corrected chi connectivity index (χ4v) is 3.62. The molecule has 1 N–H and O–H groups in total. The van der Waals surface area contributed by atoms with Crippen molar-refractivity contribution in [1.29, 1.82) is 0 Å². The van der Waals surface area contributed by atoms with Gasteiger partial charge < -0.3 is 9.84 Å². The minimum atomic E-state index is 0.0144. The van der Waals surface area contributed by atoms with Crippen LogP contribution in [0, 0.1) is 13.8 Å². The standard InChI is InChI=1S/C19H27N2O2/c1-13-8-14(2)18-15(3)19(16(11-22)6-7-23-5)21(12-20-4)10-17(18)9-13/h6,8-10,12,15,19,22H,7,11H2,1-5H3/q+1/b16-6+,20-12-. The van der Waals surface area contributed by atoms with Gasteiger partial charge in [0.25, 0.3) is 6.34 Å². The zero-order valence-electron chi connectivity index (χ0n) is 14.7. The van der Waals surface area contributed by atoms with Gasteiger partial charge in [-0.1, -0.05) is 29.6 Å². The normalized spacial score (nSPS) is 21.5. The van der Waals surface area contributed by atoms with Crippen molar-refractivity contribution in [1.82, 2.24) is 0 Å². The summed E-state index contributed by atoms with van der Waals surface area (Å²) >= 11 is 0. The van der Waals surface area contributed by atoms with Crippen molar-refractivity contribution in [3.63, 3.8) is 0 Å². The molecule has 4 nitrogen and oxygen atoms in total. The van der Waals surface area contributed by atoms with E-state index in [9.17, 15) is 5.11 Å². The van der Waals surface area contributed by atoms with Crippen molar-refractivity contribution in [3.05, 3.63) is 46.0 Å². The van der Waals surface area contributed by atoms with E-state index in [2.05, 4.69) is 48.7 Å². The Kier molecular flexibility index (Phi) is 5.85. The fraction of sp³-hybridized carbons (Fsp3) is 0.474. The number of benzene rings is 1. The van der Waals surface area contributed by atoms with E-state index >= 15 is 0 Å². The van der Waals surface area contributed by atoms with Gasteiger partial charge in [0.05, 0.1) is 19.4 Å². The predicted molar refractivity (Wildman–Crippen MR) is 95.0 cm³/mol. The second-order valence-electron chi connectivity index (χ2n) is 6.16. The minimum absolute atomic E-state index is 0.0144. The summed E-state index contributed by atoms with van der Waals surface area (Å²) in [6.45, 7) is 7.00. The highest BCUT2D eigenvalue weighted by molar-refractivity contribution is 5.83. The number of ether oxygens (including phenoxy) is 1. The van der Waals surface area contributed by atoms with Crippen molar-refractivity contribution in [2.24, 2.45) is 4.99 Å². The average molecular weight is 315 g/mol. The molecule has 4 heteroatoms. The molecule has 1 aromatic carbocycles. The smallest absolute Gasteiger partial charge is 0.280 e. The zero-order valence-corrected chi connectivity index (χ0v) is 14.7. The number of aliphatic hydroxyl groups excluding tert-OH is 1. The van der Waals surface area contributed by atoms with Crippen LogP contribution in [0.2, 0.25) is 0 Å². The number of methoxy groups -OCH3 is 1. The third-order valence-electron chi connectivity index (χ3n) is 4.42. The van der Waals surface area contributed by atoms with E-state index in [4.69, 9.17) is 4.74 Å². The second kappa shape index (κ2) is 7.66. The maximum absolute atomic E-state index is 9.86. The van der Waals surface area contributed by atoms with E-state index in [1.807, 2.05) is 12.4 Å². The van der Waals surface area contributed by atoms with Gasteiger partial charge in [-0.25, -0.2) is 4.58 Å². The summed E-state index contributed by atoms with van der Waals surface area (Å²) in [6, 6.07) is 4.48. The molecule has 1 heterocycles. The van der Waals surface area contributed by atoms with Crippen LogP contribution in [0.25, 0.3) is 0 Å². The van der Waals surface area contributed by atoms with Crippen LogP contribution in [-0.2, 0) is 4.74 Å². The lowest BCUT2D eigenvalue weighted by atomic mass is 9.80. The molecule has 0 spiro atoms. The number of nitrogens with zero attached hydrogens (tertiary/aromatic N) is 2. The summed E-state index contributed by atoms with van der Waals surface area (Å²) in [5, 5.41) is 9.86. The van der Waals surface area contributed by atoms with Crippen molar-refractivity contribution in [3.8, 4) is 0 Å². The van der Waals surface area contributed by atoms with E-state index in [1.54, 1.807) is 14.2 Å². The summed E-state index contributed by atoms with van der Waals surface area (Å²) in [5.74, 6) is 0.254. The van der Waals surface area contributed by atoms with Gasteiger partial charge in [-0.3, -0.25) is 0 Å². The van der Waals surface area contributed by atoms with Crippen molar-refractivity contribution in [2.45, 2.75) is 32.7 Å². The highest BCUT2D eigenvalue weighted by Gasteiger charge is 2.34. The van der Waals surface area contributed by atoms with Gasteiger partial charge in [-0.05, 0) is 36.6 Å². The van der Waals surface area contributed by atoms with Gasteiger partial charge in [-0.15, -0.1) is 0 Å². The Morgan fingerprint density at radius 1 is 1.39 bits per heavy atom. The van der Waals surface area contributed by atoms with Gasteiger partial charge in [0.1, 0.15) is 13.1 Å². The lowest BCUT2D eigenvalue weighted by molar-refractivity contribution is -0.436. The molecule has 2 rings (SSSR count). The molecule has 1 aromatic rings. The third-order valence-corrected chi connectivity index (χ3v) is 4.42. The van der Waals surface area contributed by atoms with Gasteiger partial charge in [0.2, 0.25) is 0 Å². The van der Waals surface area contributed by atoms with Crippen molar-refractivity contribution in [2.75, 3.05) is 27.4 Å². The fourth-order valence-electron chi connectivity index (χ4n) is 3.62. The first-order valence-electron chi connectivity index (χ1n) is 7.98. The van der Waals surface area contributed by atoms with Crippen LogP contribution in [0.5, 0.6) is 0 Å². The Labute approximate surface area is 138 Å². The van der Waals surface area contributed by atoms with E-state index in [0.717, 1.165) is 5.57 Å². The molecule has 0 saturated heterocycles. The number of hydrogen-bond acceptors (Lipinski definition) is 3. The lowest BCUT2D eigenvalue weighted by Crippen LogP contribution is -2.39. The highest BCUT2D eigenvalue weighted by atomic mass is 16.5. The molecule has 0 fully saturated rings. The molecule has 23 heavy (non-hydrogen) atoms. The Morgan fingerprint density at radius 2 is 2.13 bits per heavy atom. The van der Waals surface area contributed by atoms with Crippen LogP contribution < -0.4 is 0 Å². The molecule has 0 radical (unpaired) electrons. The average Bonchev–Trinajstić information content (AvgIpc) is 2.49. The maximum atomic E-state index is 9.86. The first-order valence-corrected chi connectivity index (χ1v) is 7.98. The second-order valence-corrected chi connectivity index (χ2v) is 6.16. The van der Waals surface area contributed by atoms with E-state index in [1.165, 1.54) is 22.3 Å². The predicted octanol–water partition coefficient (Wildman–Crippen LogP) is 2.44. The minimum Gasteiger partial charge on any atom is -0.392 e. The maximum Gasteiger partial charge on any atom is 0.280 e. The molecule has 1 aliphatic rings. The van der Waals surface area contributed by atoms with Crippen LogP contribution in [0.4, 0.5) is 0 Å². The lowest BCUT2D eigenvalue weighted by Gasteiger charge is -2.31. The Bertz CT molecular complexity index is 660. The van der Waals surface area contributed by atoms with Gasteiger partial charge in [0.15, 0.2) is 0 Å². The number of aryl methyl sites for hydroxylation is 2. The summed E-state index contributed by atoms with van der Waals surface area (Å²) in [4.78, 5) is 4.19.